The number of carbonyl (C=O) groups excluding carboxylic acids is 1. The minimum Gasteiger partial charge on any atom is -0.354 e. The van der Waals surface area contributed by atoms with Gasteiger partial charge in [-0.25, -0.2) is 9.97 Å². The molecule has 2 fully saturated rings. The number of aromatic nitrogens is 2. The van der Waals surface area contributed by atoms with E-state index in [0.717, 1.165) is 43.4 Å². The standard InChI is InChI=1S/C20H23BrN4O/c21-16-12-23-20(24-13-16)22-11-14-6-8-25(9-7-14)19(26)18-10-17(18)15-4-2-1-3-5-15/h1-5,12-14,17-18H,6-11H2,(H,22,23,24). The average Bonchev–Trinajstić information content (AvgIpc) is 3.49. The minimum atomic E-state index is 0.197. The van der Waals surface area contributed by atoms with Crippen LogP contribution in [0.4, 0.5) is 5.95 Å². The number of rotatable bonds is 5. The second-order valence-electron chi connectivity index (χ2n) is 7.23. The van der Waals surface area contributed by atoms with Crippen LogP contribution in [-0.4, -0.2) is 40.4 Å². The lowest BCUT2D eigenvalue weighted by atomic mass is 9.96. The molecule has 2 unspecified atom stereocenters. The summed E-state index contributed by atoms with van der Waals surface area (Å²) in [5.41, 5.74) is 1.31. The summed E-state index contributed by atoms with van der Waals surface area (Å²) >= 11 is 3.34. The van der Waals surface area contributed by atoms with Crippen LogP contribution in [0.1, 0.15) is 30.7 Å². The summed E-state index contributed by atoms with van der Waals surface area (Å²) in [6, 6.07) is 10.4. The first kappa shape index (κ1) is 17.5. The van der Waals surface area contributed by atoms with Crippen molar-refractivity contribution in [2.45, 2.75) is 25.2 Å². The van der Waals surface area contributed by atoms with Gasteiger partial charge in [-0.3, -0.25) is 4.79 Å². The van der Waals surface area contributed by atoms with Crippen LogP contribution in [0.2, 0.25) is 0 Å². The van der Waals surface area contributed by atoms with E-state index in [0.29, 0.717) is 23.7 Å². The molecule has 4 rings (SSSR count). The van der Waals surface area contributed by atoms with Crippen molar-refractivity contribution in [1.82, 2.24) is 14.9 Å². The Balaban J connectivity index is 1.22. The molecular weight excluding hydrogens is 392 g/mol. The number of anilines is 1. The van der Waals surface area contributed by atoms with E-state index < -0.39 is 0 Å². The fourth-order valence-electron chi connectivity index (χ4n) is 3.77. The van der Waals surface area contributed by atoms with Gasteiger partial charge in [0.2, 0.25) is 11.9 Å². The number of nitrogens with one attached hydrogen (secondary N) is 1. The van der Waals surface area contributed by atoms with Crippen LogP contribution >= 0.6 is 15.9 Å². The van der Waals surface area contributed by atoms with Gasteiger partial charge in [-0.1, -0.05) is 30.3 Å². The SMILES string of the molecule is O=C(C1CC1c1ccccc1)N1CCC(CNc2ncc(Br)cn2)CC1. The molecule has 1 N–H and O–H groups in total. The van der Waals surface area contributed by atoms with Crippen LogP contribution in [0.25, 0.3) is 0 Å². The van der Waals surface area contributed by atoms with Crippen molar-refractivity contribution < 1.29 is 4.79 Å². The van der Waals surface area contributed by atoms with Crippen molar-refractivity contribution in [1.29, 1.82) is 0 Å². The largest absolute Gasteiger partial charge is 0.354 e. The summed E-state index contributed by atoms with van der Waals surface area (Å²) in [7, 11) is 0. The maximum absolute atomic E-state index is 12.7. The monoisotopic (exact) mass is 414 g/mol. The number of hydrogen-bond donors (Lipinski definition) is 1. The van der Waals surface area contributed by atoms with Crippen LogP contribution in [0.5, 0.6) is 0 Å². The molecule has 1 aliphatic carbocycles. The van der Waals surface area contributed by atoms with Gasteiger partial charge in [0.15, 0.2) is 0 Å². The third kappa shape index (κ3) is 4.06. The molecule has 6 heteroatoms. The Kier molecular flexibility index (Phi) is 5.20. The van der Waals surface area contributed by atoms with Gasteiger partial charge >= 0.3 is 0 Å². The van der Waals surface area contributed by atoms with Gasteiger partial charge in [0.25, 0.3) is 0 Å². The van der Waals surface area contributed by atoms with Gasteiger partial charge in [-0.05, 0) is 52.6 Å². The van der Waals surface area contributed by atoms with E-state index in [-0.39, 0.29) is 5.92 Å². The zero-order valence-corrected chi connectivity index (χ0v) is 16.2. The van der Waals surface area contributed by atoms with Crippen LogP contribution in [0, 0.1) is 11.8 Å². The molecule has 26 heavy (non-hydrogen) atoms. The van der Waals surface area contributed by atoms with Gasteiger partial charge in [0, 0.05) is 37.9 Å². The van der Waals surface area contributed by atoms with Gasteiger partial charge in [-0.15, -0.1) is 0 Å². The number of nitrogens with zero attached hydrogens (tertiary/aromatic N) is 3. The summed E-state index contributed by atoms with van der Waals surface area (Å²) in [6.45, 7) is 2.59. The molecular formula is C20H23BrN4O. The predicted octanol–water partition coefficient (Wildman–Crippen LogP) is 3.69. The maximum atomic E-state index is 12.7. The second kappa shape index (κ2) is 7.74. The van der Waals surface area contributed by atoms with E-state index in [4.69, 9.17) is 0 Å². The molecule has 0 bridgehead atoms. The molecule has 1 saturated heterocycles. The molecule has 2 heterocycles. The smallest absolute Gasteiger partial charge is 0.226 e. The zero-order valence-electron chi connectivity index (χ0n) is 14.6. The highest BCUT2D eigenvalue weighted by atomic mass is 79.9. The van der Waals surface area contributed by atoms with Crippen LogP contribution in [-0.2, 0) is 4.79 Å². The number of carbonyl (C=O) groups is 1. The number of halogens is 1. The summed E-state index contributed by atoms with van der Waals surface area (Å²) in [5, 5.41) is 3.30. The predicted molar refractivity (Wildman–Crippen MR) is 105 cm³/mol. The minimum absolute atomic E-state index is 0.197. The lowest BCUT2D eigenvalue weighted by molar-refractivity contribution is -0.134. The van der Waals surface area contributed by atoms with Crippen molar-refractivity contribution >= 4 is 27.8 Å². The molecule has 0 radical (unpaired) electrons. The average molecular weight is 415 g/mol. The van der Waals surface area contributed by atoms with E-state index >= 15 is 0 Å². The Morgan fingerprint density at radius 2 is 1.85 bits per heavy atom. The summed E-state index contributed by atoms with van der Waals surface area (Å²) in [4.78, 5) is 23.3. The Bertz CT molecular complexity index is 744. The van der Waals surface area contributed by atoms with Crippen molar-refractivity contribution in [3.63, 3.8) is 0 Å². The molecule has 1 amide bonds. The molecule has 136 valence electrons. The fraction of sp³-hybridized carbons (Fsp3) is 0.450. The molecule has 1 aliphatic heterocycles. The van der Waals surface area contributed by atoms with Crippen molar-refractivity contribution in [2.75, 3.05) is 25.0 Å². The van der Waals surface area contributed by atoms with Crippen molar-refractivity contribution in [3.05, 3.63) is 52.8 Å². The first-order valence-corrected chi connectivity index (χ1v) is 10.0. The zero-order chi connectivity index (χ0) is 17.9. The number of hydrogen-bond acceptors (Lipinski definition) is 4. The number of amides is 1. The van der Waals surface area contributed by atoms with Crippen molar-refractivity contribution in [3.8, 4) is 0 Å². The normalized spacial score (nSPS) is 22.9. The topological polar surface area (TPSA) is 58.1 Å². The number of likely N-dealkylation sites (tertiary alicyclic amines) is 1. The van der Waals surface area contributed by atoms with Crippen molar-refractivity contribution in [2.24, 2.45) is 11.8 Å². The first-order valence-electron chi connectivity index (χ1n) is 9.26. The van der Waals surface area contributed by atoms with Crippen LogP contribution in [0.15, 0.2) is 47.2 Å². The first-order chi connectivity index (χ1) is 12.7. The third-order valence-electron chi connectivity index (χ3n) is 5.43. The highest BCUT2D eigenvalue weighted by Gasteiger charge is 2.45. The van der Waals surface area contributed by atoms with E-state index in [2.05, 4.69) is 60.4 Å². The molecule has 2 aromatic rings. The molecule has 2 aliphatic rings. The van der Waals surface area contributed by atoms with Crippen LogP contribution in [0.3, 0.4) is 0 Å². The summed E-state index contributed by atoms with van der Waals surface area (Å²) in [6.07, 6.45) is 6.58. The highest BCUT2D eigenvalue weighted by molar-refractivity contribution is 9.10. The lowest BCUT2D eigenvalue weighted by Gasteiger charge is -2.32. The molecule has 5 nitrogen and oxygen atoms in total. The maximum Gasteiger partial charge on any atom is 0.226 e. The Hall–Kier alpha value is -1.95. The molecule has 1 aromatic heterocycles. The molecule has 0 spiro atoms. The van der Waals surface area contributed by atoms with E-state index in [1.165, 1.54) is 5.56 Å². The fourth-order valence-corrected chi connectivity index (χ4v) is 3.97. The third-order valence-corrected chi connectivity index (χ3v) is 5.84. The van der Waals surface area contributed by atoms with E-state index in [1.807, 2.05) is 6.07 Å². The number of benzene rings is 1. The van der Waals surface area contributed by atoms with Gasteiger partial charge in [0.05, 0.1) is 4.47 Å². The summed E-state index contributed by atoms with van der Waals surface area (Å²) < 4.78 is 0.878. The second-order valence-corrected chi connectivity index (χ2v) is 8.15. The molecule has 2 atom stereocenters. The van der Waals surface area contributed by atoms with Crippen LogP contribution < -0.4 is 5.32 Å². The summed E-state index contributed by atoms with van der Waals surface area (Å²) in [5.74, 6) is 2.20. The molecule has 1 saturated carbocycles. The van der Waals surface area contributed by atoms with E-state index in [9.17, 15) is 4.79 Å². The molecule has 1 aromatic carbocycles. The lowest BCUT2D eigenvalue weighted by Crippen LogP contribution is -2.40. The van der Waals surface area contributed by atoms with Gasteiger partial charge < -0.3 is 10.2 Å². The number of piperidine rings is 1. The van der Waals surface area contributed by atoms with Gasteiger partial charge in [-0.2, -0.15) is 0 Å². The quantitative estimate of drug-likeness (QED) is 0.809. The Morgan fingerprint density at radius 3 is 2.54 bits per heavy atom. The van der Waals surface area contributed by atoms with E-state index in [1.54, 1.807) is 12.4 Å². The Morgan fingerprint density at radius 1 is 1.15 bits per heavy atom. The highest BCUT2D eigenvalue weighted by Crippen LogP contribution is 2.48. The van der Waals surface area contributed by atoms with Gasteiger partial charge in [0.1, 0.15) is 0 Å². The Labute approximate surface area is 162 Å².